The van der Waals surface area contributed by atoms with Crippen molar-refractivity contribution in [2.45, 2.75) is 27.7 Å². The van der Waals surface area contributed by atoms with E-state index in [4.69, 9.17) is 0 Å². The van der Waals surface area contributed by atoms with Crippen molar-refractivity contribution in [1.82, 2.24) is 0 Å². The summed E-state index contributed by atoms with van der Waals surface area (Å²) in [4.78, 5) is 0. The molecule has 7 rings (SSSR count). The predicted octanol–water partition coefficient (Wildman–Crippen LogP) is 8.13. The first-order valence-electron chi connectivity index (χ1n) is 12.0. The molecule has 0 unspecified atom stereocenters. The van der Waals surface area contributed by atoms with Gasteiger partial charge in [-0.25, -0.2) is 0 Å². The molecule has 5 aliphatic rings. The normalized spacial score (nSPS) is 28.0. The van der Waals surface area contributed by atoms with E-state index in [0.29, 0.717) is 23.7 Å². The van der Waals surface area contributed by atoms with Crippen molar-refractivity contribution in [1.29, 1.82) is 0 Å². The van der Waals surface area contributed by atoms with Gasteiger partial charge < -0.3 is 0 Å². The minimum atomic E-state index is 0.411. The molecular weight excluding hydrogens is 384 g/mol. The zero-order valence-electron chi connectivity index (χ0n) is 19.2. The highest BCUT2D eigenvalue weighted by atomic mass is 14.5. The largest absolute Gasteiger partial charge is 0.0760 e. The third kappa shape index (κ3) is 2.09. The highest BCUT2D eigenvalue weighted by Crippen LogP contribution is 2.63. The molecule has 5 aliphatic carbocycles. The van der Waals surface area contributed by atoms with Crippen molar-refractivity contribution in [2.75, 3.05) is 0 Å². The van der Waals surface area contributed by atoms with E-state index in [1.807, 2.05) is 0 Å². The molecule has 4 bridgehead atoms. The second-order valence-corrected chi connectivity index (χ2v) is 10.3. The van der Waals surface area contributed by atoms with E-state index in [1.165, 1.54) is 33.4 Å². The Hall–Kier alpha value is -3.12. The Morgan fingerprint density at radius 3 is 0.906 bits per heavy atom. The fourth-order valence-corrected chi connectivity index (χ4v) is 7.32. The van der Waals surface area contributed by atoms with E-state index >= 15 is 0 Å². The van der Waals surface area contributed by atoms with Crippen molar-refractivity contribution in [3.63, 3.8) is 0 Å². The van der Waals surface area contributed by atoms with Crippen molar-refractivity contribution in [3.8, 4) is 0 Å². The molecule has 0 aromatic heterocycles. The molecule has 4 atom stereocenters. The van der Waals surface area contributed by atoms with Gasteiger partial charge in [0, 0.05) is 23.7 Å². The van der Waals surface area contributed by atoms with E-state index in [-0.39, 0.29) is 0 Å². The van der Waals surface area contributed by atoms with Gasteiger partial charge in [-0.05, 0) is 83.4 Å². The molecule has 0 aliphatic heterocycles. The molecule has 156 valence electrons. The third-order valence-corrected chi connectivity index (χ3v) is 8.33. The quantitative estimate of drug-likeness (QED) is 0.383. The monoisotopic (exact) mass is 412 g/mol. The highest BCUT2D eigenvalue weighted by Gasteiger charge is 2.47. The van der Waals surface area contributed by atoms with Crippen molar-refractivity contribution < 1.29 is 0 Å². The Labute approximate surface area is 191 Å². The zero-order valence-corrected chi connectivity index (χ0v) is 19.2. The van der Waals surface area contributed by atoms with Gasteiger partial charge in [0.05, 0.1) is 0 Å². The number of rotatable bonds is 0. The minimum Gasteiger partial charge on any atom is -0.0760 e. The van der Waals surface area contributed by atoms with Crippen LogP contribution in [0.3, 0.4) is 0 Å². The SMILES string of the molecule is CC(C)=C1[C@@H]2C=C[C@H]1C1=C2c2ccccc2C2=C(c3ccccc31)[C@H]1C=C[C@@H]2C1=C(C)C. The lowest BCUT2D eigenvalue weighted by Gasteiger charge is -2.28. The maximum atomic E-state index is 2.46. The number of benzene rings is 2. The third-order valence-electron chi connectivity index (χ3n) is 8.33. The summed E-state index contributed by atoms with van der Waals surface area (Å²) in [5, 5.41) is 0. The Morgan fingerprint density at radius 1 is 0.438 bits per heavy atom. The van der Waals surface area contributed by atoms with Crippen LogP contribution in [-0.2, 0) is 0 Å². The van der Waals surface area contributed by atoms with Gasteiger partial charge in [0.25, 0.3) is 0 Å². The lowest BCUT2D eigenvalue weighted by Crippen LogP contribution is -2.09. The Balaban J connectivity index is 1.62. The number of allylic oxidation sites excluding steroid dienone is 12. The van der Waals surface area contributed by atoms with Crippen molar-refractivity contribution in [2.24, 2.45) is 23.7 Å². The number of hydrogen-bond donors (Lipinski definition) is 0. The van der Waals surface area contributed by atoms with Gasteiger partial charge in [0.1, 0.15) is 0 Å². The van der Waals surface area contributed by atoms with Gasteiger partial charge in [-0.15, -0.1) is 0 Å². The van der Waals surface area contributed by atoms with Crippen LogP contribution in [0.5, 0.6) is 0 Å². The van der Waals surface area contributed by atoms with Gasteiger partial charge in [-0.1, -0.05) is 84.0 Å². The van der Waals surface area contributed by atoms with Gasteiger partial charge in [0.2, 0.25) is 0 Å². The second kappa shape index (κ2) is 6.23. The molecule has 2 aromatic carbocycles. The van der Waals surface area contributed by atoms with Crippen LogP contribution in [0, 0.1) is 23.7 Å². The summed E-state index contributed by atoms with van der Waals surface area (Å²) >= 11 is 0. The number of fused-ring (bicyclic) bond motifs is 14. The van der Waals surface area contributed by atoms with Gasteiger partial charge in [-0.3, -0.25) is 0 Å². The molecule has 0 N–H and O–H groups in total. The molecule has 0 radical (unpaired) electrons. The van der Waals surface area contributed by atoms with Gasteiger partial charge in [-0.2, -0.15) is 0 Å². The minimum absolute atomic E-state index is 0.411. The summed E-state index contributed by atoms with van der Waals surface area (Å²) in [6, 6.07) is 18.5. The average Bonchev–Trinajstić information content (AvgIpc) is 3.54. The molecule has 0 fully saturated rings. The van der Waals surface area contributed by atoms with E-state index < -0.39 is 0 Å². The van der Waals surface area contributed by atoms with E-state index in [2.05, 4.69) is 101 Å². The summed E-state index contributed by atoms with van der Waals surface area (Å²) in [6.45, 7) is 9.18. The van der Waals surface area contributed by atoms with Gasteiger partial charge >= 0.3 is 0 Å². The van der Waals surface area contributed by atoms with Crippen LogP contribution in [0.25, 0.3) is 22.3 Å². The lowest BCUT2D eigenvalue weighted by atomic mass is 9.75. The standard InChI is InChI=1S/C32H28/c1-17(2)27-23-13-14-24(27)30-20-10-6-8-12-22(20)32-26-16-15-25(28(26)18(3)4)31(32)21-11-7-5-9-19(21)29(23)30/h5-16,23-26H,1-4H3/t23-,24+,25+,26-. The van der Waals surface area contributed by atoms with Crippen LogP contribution >= 0.6 is 0 Å². The molecule has 0 saturated carbocycles. The fourth-order valence-electron chi connectivity index (χ4n) is 7.32. The average molecular weight is 413 g/mol. The van der Waals surface area contributed by atoms with Gasteiger partial charge in [0.15, 0.2) is 0 Å². The molecular formula is C32H28. The number of hydrogen-bond acceptors (Lipinski definition) is 0. The molecule has 0 nitrogen and oxygen atoms in total. The molecule has 0 heterocycles. The maximum Gasteiger partial charge on any atom is 0.0249 e. The molecule has 0 saturated heterocycles. The van der Waals surface area contributed by atoms with E-state index in [9.17, 15) is 0 Å². The lowest BCUT2D eigenvalue weighted by molar-refractivity contribution is 0.928. The summed E-state index contributed by atoms with van der Waals surface area (Å²) < 4.78 is 0. The Morgan fingerprint density at radius 2 is 0.688 bits per heavy atom. The van der Waals surface area contributed by atoms with Crippen molar-refractivity contribution >= 4 is 22.3 Å². The Bertz CT molecular complexity index is 1200. The van der Waals surface area contributed by atoms with E-state index in [1.54, 1.807) is 33.4 Å². The zero-order chi connectivity index (χ0) is 21.7. The smallest absolute Gasteiger partial charge is 0.0249 e. The first-order valence-corrected chi connectivity index (χ1v) is 12.0. The second-order valence-electron chi connectivity index (χ2n) is 10.3. The summed E-state index contributed by atoms with van der Waals surface area (Å²) in [6.07, 6.45) is 9.85. The topological polar surface area (TPSA) is 0 Å². The molecule has 0 spiro atoms. The van der Waals surface area contributed by atoms with Crippen molar-refractivity contribution in [3.05, 3.63) is 117 Å². The maximum absolute atomic E-state index is 2.46. The summed E-state index contributed by atoms with van der Waals surface area (Å²) in [5.41, 5.74) is 18.2. The first kappa shape index (κ1) is 18.5. The summed E-state index contributed by atoms with van der Waals surface area (Å²) in [5.74, 6) is 1.64. The van der Waals surface area contributed by atoms with Crippen LogP contribution in [0.15, 0.2) is 95.1 Å². The molecule has 0 heteroatoms. The van der Waals surface area contributed by atoms with Crippen LogP contribution < -0.4 is 0 Å². The molecule has 2 aromatic rings. The highest BCUT2D eigenvalue weighted by molar-refractivity contribution is 6.13. The van der Waals surface area contributed by atoms with Crippen LogP contribution in [0.1, 0.15) is 49.9 Å². The molecule has 32 heavy (non-hydrogen) atoms. The molecule has 0 amide bonds. The predicted molar refractivity (Wildman–Crippen MR) is 135 cm³/mol. The van der Waals surface area contributed by atoms with Crippen LogP contribution in [0.2, 0.25) is 0 Å². The first-order chi connectivity index (χ1) is 15.6. The summed E-state index contributed by atoms with van der Waals surface area (Å²) in [7, 11) is 0. The van der Waals surface area contributed by atoms with Crippen LogP contribution in [0.4, 0.5) is 0 Å². The fraction of sp³-hybridized carbons (Fsp3) is 0.250. The Kier molecular flexibility index (Phi) is 3.59. The van der Waals surface area contributed by atoms with E-state index in [0.717, 1.165) is 0 Å². The van der Waals surface area contributed by atoms with Crippen LogP contribution in [-0.4, -0.2) is 0 Å².